The highest BCUT2D eigenvalue weighted by atomic mass is 16.3. The number of aromatic hydroxyl groups is 1. The highest BCUT2D eigenvalue weighted by molar-refractivity contribution is 5.56. The zero-order valence-electron chi connectivity index (χ0n) is 11.8. The minimum Gasteiger partial charge on any atom is -0.508 e. The molecule has 0 amide bonds. The Morgan fingerprint density at radius 2 is 2.05 bits per heavy atom. The summed E-state index contributed by atoms with van der Waals surface area (Å²) in [4.78, 5) is 4.37. The smallest absolute Gasteiger partial charge is 0.128 e. The van der Waals surface area contributed by atoms with Crippen molar-refractivity contribution in [1.82, 2.24) is 9.55 Å². The molecule has 2 aromatic rings. The van der Waals surface area contributed by atoms with E-state index in [1.807, 2.05) is 32.3 Å². The fraction of sp³-hybridized carbons (Fsp3) is 0.400. The van der Waals surface area contributed by atoms with Crippen LogP contribution in [0.5, 0.6) is 5.75 Å². The Balaban J connectivity index is 2.10. The van der Waals surface area contributed by atoms with Gasteiger partial charge in [0.15, 0.2) is 0 Å². The third-order valence-electron chi connectivity index (χ3n) is 3.25. The van der Waals surface area contributed by atoms with E-state index in [2.05, 4.69) is 21.8 Å². The number of anilines is 1. The first kappa shape index (κ1) is 13.5. The van der Waals surface area contributed by atoms with Crippen molar-refractivity contribution in [3.05, 3.63) is 41.5 Å². The van der Waals surface area contributed by atoms with Crippen molar-refractivity contribution in [1.29, 1.82) is 0 Å². The van der Waals surface area contributed by atoms with E-state index in [9.17, 15) is 5.11 Å². The summed E-state index contributed by atoms with van der Waals surface area (Å²) in [5.41, 5.74) is 2.96. The first-order chi connectivity index (χ1) is 9.11. The topological polar surface area (TPSA) is 50.1 Å². The van der Waals surface area contributed by atoms with Gasteiger partial charge in [0.25, 0.3) is 0 Å². The van der Waals surface area contributed by atoms with E-state index in [0.29, 0.717) is 12.3 Å². The van der Waals surface area contributed by atoms with Crippen molar-refractivity contribution in [3.8, 4) is 5.75 Å². The molecule has 2 rings (SSSR count). The highest BCUT2D eigenvalue weighted by Gasteiger charge is 2.05. The molecule has 0 spiro atoms. The van der Waals surface area contributed by atoms with Crippen LogP contribution in [0.25, 0.3) is 0 Å². The number of nitrogens with one attached hydrogen (secondary N) is 1. The van der Waals surface area contributed by atoms with E-state index < -0.39 is 0 Å². The number of nitrogens with zero attached hydrogens (tertiary/aromatic N) is 2. The lowest BCUT2D eigenvalue weighted by atomic mass is 10.1. The van der Waals surface area contributed by atoms with Gasteiger partial charge in [-0.3, -0.25) is 0 Å². The molecule has 1 heterocycles. The molecule has 0 aliphatic heterocycles. The normalized spacial score (nSPS) is 10.7. The zero-order chi connectivity index (χ0) is 13.8. The van der Waals surface area contributed by atoms with Crippen molar-refractivity contribution < 1.29 is 5.11 Å². The van der Waals surface area contributed by atoms with Crippen molar-refractivity contribution >= 4 is 5.69 Å². The summed E-state index contributed by atoms with van der Waals surface area (Å²) >= 11 is 0. The SMILES string of the molecule is CCCn1ccnc1CNc1cc(C)c(O)cc1C. The fourth-order valence-electron chi connectivity index (χ4n) is 2.12. The maximum Gasteiger partial charge on any atom is 0.128 e. The average molecular weight is 259 g/mol. The van der Waals surface area contributed by atoms with Gasteiger partial charge < -0.3 is 15.0 Å². The Kier molecular flexibility index (Phi) is 4.10. The largest absolute Gasteiger partial charge is 0.508 e. The Bertz CT molecular complexity index is 561. The van der Waals surface area contributed by atoms with Crippen LogP contribution < -0.4 is 5.32 Å². The predicted octanol–water partition coefficient (Wildman–Crippen LogP) is 3.23. The lowest BCUT2D eigenvalue weighted by molar-refractivity contribution is 0.471. The van der Waals surface area contributed by atoms with Gasteiger partial charge in [-0.25, -0.2) is 4.98 Å². The minimum atomic E-state index is 0.343. The highest BCUT2D eigenvalue weighted by Crippen LogP contribution is 2.25. The third kappa shape index (κ3) is 3.08. The Morgan fingerprint density at radius 3 is 2.79 bits per heavy atom. The summed E-state index contributed by atoms with van der Waals surface area (Å²) in [6, 6.07) is 3.76. The summed E-state index contributed by atoms with van der Waals surface area (Å²) in [6.45, 7) is 7.73. The molecule has 0 saturated heterocycles. The number of aromatic nitrogens is 2. The fourth-order valence-corrected chi connectivity index (χ4v) is 2.12. The van der Waals surface area contributed by atoms with Crippen molar-refractivity contribution in [3.63, 3.8) is 0 Å². The van der Waals surface area contributed by atoms with Crippen LogP contribution in [0.2, 0.25) is 0 Å². The number of benzene rings is 1. The predicted molar refractivity (Wildman–Crippen MR) is 77.4 cm³/mol. The summed E-state index contributed by atoms with van der Waals surface area (Å²) in [7, 11) is 0. The first-order valence-electron chi connectivity index (χ1n) is 6.66. The summed E-state index contributed by atoms with van der Waals surface area (Å²) in [5, 5.41) is 13.0. The van der Waals surface area contributed by atoms with Gasteiger partial charge in [-0.15, -0.1) is 0 Å². The van der Waals surface area contributed by atoms with Crippen molar-refractivity contribution in [2.45, 2.75) is 40.3 Å². The summed E-state index contributed by atoms with van der Waals surface area (Å²) in [6.07, 6.45) is 4.94. The number of hydrogen-bond acceptors (Lipinski definition) is 3. The molecule has 0 atom stereocenters. The van der Waals surface area contributed by atoms with Crippen LogP contribution in [0.3, 0.4) is 0 Å². The van der Waals surface area contributed by atoms with E-state index in [-0.39, 0.29) is 0 Å². The van der Waals surface area contributed by atoms with Crippen LogP contribution in [0.1, 0.15) is 30.3 Å². The molecule has 1 aromatic carbocycles. The number of imidazole rings is 1. The molecular formula is C15H21N3O. The van der Waals surface area contributed by atoms with Crippen LogP contribution in [0.4, 0.5) is 5.69 Å². The van der Waals surface area contributed by atoms with Gasteiger partial charge in [-0.05, 0) is 43.5 Å². The lowest BCUT2D eigenvalue weighted by Crippen LogP contribution is -2.09. The Labute approximate surface area is 114 Å². The molecule has 0 bridgehead atoms. The molecule has 0 unspecified atom stereocenters. The maximum absolute atomic E-state index is 9.65. The molecule has 19 heavy (non-hydrogen) atoms. The second-order valence-electron chi connectivity index (χ2n) is 4.84. The number of aryl methyl sites for hydroxylation is 3. The van der Waals surface area contributed by atoms with E-state index in [1.54, 1.807) is 6.07 Å². The van der Waals surface area contributed by atoms with Gasteiger partial charge in [0.2, 0.25) is 0 Å². The van der Waals surface area contributed by atoms with Crippen LogP contribution in [0, 0.1) is 13.8 Å². The van der Waals surface area contributed by atoms with Gasteiger partial charge in [0.1, 0.15) is 11.6 Å². The van der Waals surface area contributed by atoms with Crippen LogP contribution in [-0.4, -0.2) is 14.7 Å². The van der Waals surface area contributed by atoms with E-state index in [4.69, 9.17) is 0 Å². The molecular weight excluding hydrogens is 238 g/mol. The number of hydrogen-bond donors (Lipinski definition) is 2. The maximum atomic E-state index is 9.65. The number of rotatable bonds is 5. The van der Waals surface area contributed by atoms with E-state index in [0.717, 1.165) is 35.6 Å². The molecule has 102 valence electrons. The van der Waals surface area contributed by atoms with Crippen molar-refractivity contribution in [2.75, 3.05) is 5.32 Å². The molecule has 0 aliphatic carbocycles. The molecule has 4 heteroatoms. The molecule has 1 aromatic heterocycles. The van der Waals surface area contributed by atoms with Crippen LogP contribution in [-0.2, 0) is 13.1 Å². The molecule has 0 radical (unpaired) electrons. The van der Waals surface area contributed by atoms with E-state index in [1.165, 1.54) is 0 Å². The van der Waals surface area contributed by atoms with Gasteiger partial charge in [-0.1, -0.05) is 6.92 Å². The monoisotopic (exact) mass is 259 g/mol. The number of phenolic OH excluding ortho intramolecular Hbond substituents is 1. The summed E-state index contributed by atoms with van der Waals surface area (Å²) in [5.74, 6) is 1.38. The van der Waals surface area contributed by atoms with Gasteiger partial charge in [-0.2, -0.15) is 0 Å². The lowest BCUT2D eigenvalue weighted by Gasteiger charge is -2.12. The molecule has 0 fully saturated rings. The van der Waals surface area contributed by atoms with Gasteiger partial charge >= 0.3 is 0 Å². The van der Waals surface area contributed by atoms with Gasteiger partial charge in [0, 0.05) is 24.6 Å². The van der Waals surface area contributed by atoms with E-state index >= 15 is 0 Å². The van der Waals surface area contributed by atoms with Crippen LogP contribution in [0.15, 0.2) is 24.5 Å². The Morgan fingerprint density at radius 1 is 1.26 bits per heavy atom. The third-order valence-corrected chi connectivity index (χ3v) is 3.25. The zero-order valence-corrected chi connectivity index (χ0v) is 11.8. The standard InChI is InChI=1S/C15H21N3O/c1-4-6-18-7-5-16-15(18)10-17-13-8-12(3)14(19)9-11(13)2/h5,7-9,17,19H,4,6,10H2,1-3H3. The Hall–Kier alpha value is -1.97. The quantitative estimate of drug-likeness (QED) is 0.810. The molecule has 2 N–H and O–H groups in total. The second-order valence-corrected chi connectivity index (χ2v) is 4.84. The number of phenols is 1. The van der Waals surface area contributed by atoms with Crippen molar-refractivity contribution in [2.24, 2.45) is 0 Å². The molecule has 4 nitrogen and oxygen atoms in total. The molecule has 0 aliphatic rings. The molecule has 0 saturated carbocycles. The average Bonchev–Trinajstić information content (AvgIpc) is 2.80. The summed E-state index contributed by atoms with van der Waals surface area (Å²) < 4.78 is 2.16. The van der Waals surface area contributed by atoms with Gasteiger partial charge in [0.05, 0.1) is 6.54 Å². The second kappa shape index (κ2) is 5.78. The first-order valence-corrected chi connectivity index (χ1v) is 6.66. The van der Waals surface area contributed by atoms with Crippen LogP contribution >= 0.6 is 0 Å². The minimum absolute atomic E-state index is 0.343.